The molecule has 0 aliphatic carbocycles. The maximum atomic E-state index is 13.2. The van der Waals surface area contributed by atoms with Crippen molar-refractivity contribution < 1.29 is 4.79 Å². The summed E-state index contributed by atoms with van der Waals surface area (Å²) in [6, 6.07) is 14.6. The van der Waals surface area contributed by atoms with Crippen molar-refractivity contribution in [1.29, 1.82) is 0 Å². The van der Waals surface area contributed by atoms with Gasteiger partial charge in [-0.05, 0) is 44.0 Å². The van der Waals surface area contributed by atoms with Gasteiger partial charge in [-0.3, -0.25) is 4.79 Å². The normalized spacial score (nSPS) is 17.6. The fourth-order valence-corrected chi connectivity index (χ4v) is 4.03. The Kier molecular flexibility index (Phi) is 4.51. The zero-order chi connectivity index (χ0) is 18.1. The number of aromatic nitrogens is 1. The van der Waals surface area contributed by atoms with Gasteiger partial charge in [0.2, 0.25) is 0 Å². The van der Waals surface area contributed by atoms with Crippen LogP contribution in [0.1, 0.15) is 27.0 Å². The smallest absolute Gasteiger partial charge is 0.254 e. The van der Waals surface area contributed by atoms with Crippen LogP contribution in [0.2, 0.25) is 0 Å². The monoisotopic (exact) mass is 347 g/mol. The number of rotatable bonds is 3. The lowest BCUT2D eigenvalue weighted by atomic mass is 10.00. The summed E-state index contributed by atoms with van der Waals surface area (Å²) in [4.78, 5) is 18.6. The molecule has 1 aliphatic heterocycles. The summed E-state index contributed by atoms with van der Waals surface area (Å²) >= 11 is 0. The second-order valence-electron chi connectivity index (χ2n) is 7.30. The first-order valence-corrected chi connectivity index (χ1v) is 9.27. The number of aryl methyl sites for hydroxylation is 2. The number of nitrogens with zero attached hydrogens (tertiary/aromatic N) is 1. The van der Waals surface area contributed by atoms with E-state index in [0.717, 1.165) is 48.3 Å². The lowest BCUT2D eigenvalue weighted by Gasteiger charge is -2.36. The number of benzene rings is 2. The van der Waals surface area contributed by atoms with E-state index in [1.807, 2.05) is 36.9 Å². The molecule has 2 heterocycles. The van der Waals surface area contributed by atoms with Gasteiger partial charge in [0, 0.05) is 48.3 Å². The summed E-state index contributed by atoms with van der Waals surface area (Å²) in [5, 5.41) is 4.70. The third-order valence-electron chi connectivity index (χ3n) is 5.21. The van der Waals surface area contributed by atoms with Gasteiger partial charge in [-0.1, -0.05) is 35.4 Å². The third-order valence-corrected chi connectivity index (χ3v) is 5.21. The molecule has 0 bridgehead atoms. The first kappa shape index (κ1) is 16.9. The minimum atomic E-state index is 0.142. The van der Waals surface area contributed by atoms with E-state index in [0.29, 0.717) is 0 Å². The molecule has 4 heteroatoms. The lowest BCUT2D eigenvalue weighted by molar-refractivity contribution is 0.0636. The highest BCUT2D eigenvalue weighted by Crippen LogP contribution is 2.22. The van der Waals surface area contributed by atoms with Gasteiger partial charge in [-0.15, -0.1) is 0 Å². The molecule has 0 radical (unpaired) electrons. The number of fused-ring (bicyclic) bond motifs is 1. The van der Waals surface area contributed by atoms with Crippen LogP contribution >= 0.6 is 0 Å². The molecule has 3 aromatic rings. The molecule has 4 nitrogen and oxygen atoms in total. The second kappa shape index (κ2) is 6.96. The van der Waals surface area contributed by atoms with Crippen molar-refractivity contribution in [2.75, 3.05) is 19.6 Å². The molecule has 0 unspecified atom stereocenters. The van der Waals surface area contributed by atoms with Crippen LogP contribution in [0.25, 0.3) is 10.9 Å². The molecule has 1 aromatic heterocycles. The van der Waals surface area contributed by atoms with Gasteiger partial charge in [0.05, 0.1) is 0 Å². The number of hydrogen-bond donors (Lipinski definition) is 2. The third kappa shape index (κ3) is 3.25. The highest BCUT2D eigenvalue weighted by atomic mass is 16.2. The first-order valence-electron chi connectivity index (χ1n) is 9.27. The highest BCUT2D eigenvalue weighted by molar-refractivity contribution is 5.95. The Hall–Kier alpha value is -2.59. The number of H-pyrrole nitrogens is 1. The molecule has 2 N–H and O–H groups in total. The summed E-state index contributed by atoms with van der Waals surface area (Å²) in [5.74, 6) is 0.142. The van der Waals surface area contributed by atoms with E-state index < -0.39 is 0 Å². The average Bonchev–Trinajstić information content (AvgIpc) is 3.04. The van der Waals surface area contributed by atoms with Crippen molar-refractivity contribution >= 4 is 16.8 Å². The van der Waals surface area contributed by atoms with E-state index in [9.17, 15) is 4.79 Å². The summed E-state index contributed by atoms with van der Waals surface area (Å²) in [6.07, 6.45) is 2.94. The van der Waals surface area contributed by atoms with Crippen molar-refractivity contribution in [3.8, 4) is 0 Å². The van der Waals surface area contributed by atoms with Crippen LogP contribution in [-0.2, 0) is 6.42 Å². The van der Waals surface area contributed by atoms with Crippen LogP contribution in [-0.4, -0.2) is 41.5 Å². The minimum Gasteiger partial charge on any atom is -0.361 e. The van der Waals surface area contributed by atoms with Crippen molar-refractivity contribution in [1.82, 2.24) is 15.2 Å². The molecule has 0 saturated carbocycles. The van der Waals surface area contributed by atoms with Crippen LogP contribution in [0.3, 0.4) is 0 Å². The summed E-state index contributed by atoms with van der Waals surface area (Å²) in [7, 11) is 0. The number of amides is 1. The van der Waals surface area contributed by atoms with E-state index in [1.165, 1.54) is 10.9 Å². The van der Waals surface area contributed by atoms with Crippen molar-refractivity contribution in [3.63, 3.8) is 0 Å². The van der Waals surface area contributed by atoms with Crippen LogP contribution in [0.5, 0.6) is 0 Å². The maximum Gasteiger partial charge on any atom is 0.254 e. The molecule has 26 heavy (non-hydrogen) atoms. The Morgan fingerprint density at radius 1 is 1.15 bits per heavy atom. The molecule has 1 atom stereocenters. The van der Waals surface area contributed by atoms with Crippen LogP contribution < -0.4 is 5.32 Å². The molecule has 4 rings (SSSR count). The topological polar surface area (TPSA) is 48.1 Å². The van der Waals surface area contributed by atoms with Gasteiger partial charge >= 0.3 is 0 Å². The maximum absolute atomic E-state index is 13.2. The summed E-state index contributed by atoms with van der Waals surface area (Å²) < 4.78 is 0. The van der Waals surface area contributed by atoms with Gasteiger partial charge in [0.25, 0.3) is 5.91 Å². The quantitative estimate of drug-likeness (QED) is 0.762. The molecular weight excluding hydrogens is 322 g/mol. The Morgan fingerprint density at radius 3 is 2.73 bits per heavy atom. The fourth-order valence-electron chi connectivity index (χ4n) is 4.03. The highest BCUT2D eigenvalue weighted by Gasteiger charge is 2.28. The summed E-state index contributed by atoms with van der Waals surface area (Å²) in [5.41, 5.74) is 5.49. The molecule has 1 fully saturated rings. The molecule has 0 spiro atoms. The van der Waals surface area contributed by atoms with Gasteiger partial charge in [-0.2, -0.15) is 0 Å². The largest absolute Gasteiger partial charge is 0.361 e. The number of piperazine rings is 1. The fraction of sp³-hybridized carbons (Fsp3) is 0.318. The van der Waals surface area contributed by atoms with E-state index in [2.05, 4.69) is 40.8 Å². The standard InChI is InChI=1S/C22H25N3O/c1-15-9-16(2)11-17(10-15)22(26)25-8-7-23-14-19(25)12-18-13-24-21-6-4-3-5-20(18)21/h3-6,9-11,13,19,23-24H,7-8,12,14H2,1-2H3/t19-/m1/s1. The molecule has 2 aromatic carbocycles. The van der Waals surface area contributed by atoms with Crippen LogP contribution in [0, 0.1) is 13.8 Å². The van der Waals surface area contributed by atoms with Crippen molar-refractivity contribution in [2.24, 2.45) is 0 Å². The van der Waals surface area contributed by atoms with Gasteiger partial charge in [0.15, 0.2) is 0 Å². The summed E-state index contributed by atoms with van der Waals surface area (Å²) in [6.45, 7) is 6.52. The van der Waals surface area contributed by atoms with E-state index in [4.69, 9.17) is 0 Å². The zero-order valence-corrected chi connectivity index (χ0v) is 15.4. The molecular formula is C22H25N3O. The Morgan fingerprint density at radius 2 is 1.92 bits per heavy atom. The van der Waals surface area contributed by atoms with E-state index >= 15 is 0 Å². The number of aromatic amines is 1. The number of para-hydroxylation sites is 1. The Balaban J connectivity index is 1.61. The Labute approximate surface area is 154 Å². The van der Waals surface area contributed by atoms with E-state index in [1.54, 1.807) is 0 Å². The number of carbonyl (C=O) groups is 1. The second-order valence-corrected chi connectivity index (χ2v) is 7.30. The zero-order valence-electron chi connectivity index (χ0n) is 15.4. The van der Waals surface area contributed by atoms with E-state index in [-0.39, 0.29) is 11.9 Å². The lowest BCUT2D eigenvalue weighted by Crippen LogP contribution is -2.54. The number of nitrogens with one attached hydrogen (secondary N) is 2. The van der Waals surface area contributed by atoms with Gasteiger partial charge in [0.1, 0.15) is 0 Å². The number of carbonyl (C=O) groups excluding carboxylic acids is 1. The van der Waals surface area contributed by atoms with Gasteiger partial charge < -0.3 is 15.2 Å². The molecule has 1 amide bonds. The number of hydrogen-bond acceptors (Lipinski definition) is 2. The molecule has 1 saturated heterocycles. The van der Waals surface area contributed by atoms with Crippen molar-refractivity contribution in [3.05, 3.63) is 70.9 Å². The Bertz CT molecular complexity index is 923. The molecule has 1 aliphatic rings. The van der Waals surface area contributed by atoms with Gasteiger partial charge in [-0.25, -0.2) is 0 Å². The first-order chi connectivity index (χ1) is 12.6. The van der Waals surface area contributed by atoms with Crippen molar-refractivity contribution in [2.45, 2.75) is 26.3 Å². The molecule has 134 valence electrons. The van der Waals surface area contributed by atoms with Crippen LogP contribution in [0.4, 0.5) is 0 Å². The average molecular weight is 347 g/mol. The predicted octanol–water partition coefficient (Wildman–Crippen LogP) is 3.44. The minimum absolute atomic E-state index is 0.142. The SMILES string of the molecule is Cc1cc(C)cc(C(=O)N2CCNC[C@H]2Cc2c[nH]c3ccccc23)c1. The van der Waals surface area contributed by atoms with Crippen LogP contribution in [0.15, 0.2) is 48.7 Å². The predicted molar refractivity (Wildman–Crippen MR) is 106 cm³/mol.